The number of aromatic nitrogens is 2. The summed E-state index contributed by atoms with van der Waals surface area (Å²) >= 11 is 0. The molecule has 1 aromatic heterocycles. The van der Waals surface area contributed by atoms with Gasteiger partial charge in [0.2, 0.25) is 5.92 Å². The average Bonchev–Trinajstić information content (AvgIpc) is 3.07. The van der Waals surface area contributed by atoms with Crippen LogP contribution in [0.15, 0.2) is 48.5 Å². The zero-order chi connectivity index (χ0) is 21.0. The molecule has 0 saturated carbocycles. The summed E-state index contributed by atoms with van der Waals surface area (Å²) in [5.74, 6) is -1.97. The molecule has 6 nitrogen and oxygen atoms in total. The Hall–Kier alpha value is -3.15. The fourth-order valence-corrected chi connectivity index (χ4v) is 3.27. The van der Waals surface area contributed by atoms with Gasteiger partial charge >= 0.3 is 11.9 Å². The van der Waals surface area contributed by atoms with Crippen LogP contribution in [0.5, 0.6) is 0 Å². The van der Waals surface area contributed by atoms with Crippen molar-refractivity contribution >= 4 is 23.0 Å². The molecular weight excluding hydrogens is 368 g/mol. The lowest BCUT2D eigenvalue weighted by Gasteiger charge is -2.16. The summed E-state index contributed by atoms with van der Waals surface area (Å²) in [5, 5.41) is 0. The smallest absolute Gasteiger partial charge is 0.328 e. The normalized spacial score (nSPS) is 11.2. The van der Waals surface area contributed by atoms with Gasteiger partial charge in [-0.15, -0.1) is 0 Å². The first-order valence-corrected chi connectivity index (χ1v) is 9.88. The summed E-state index contributed by atoms with van der Waals surface area (Å²) in [4.78, 5) is 30.1. The summed E-state index contributed by atoms with van der Waals surface area (Å²) in [6.45, 7) is 7.97. The topological polar surface area (TPSA) is 70.4 Å². The van der Waals surface area contributed by atoms with E-state index in [1.807, 2.05) is 47.0 Å². The van der Waals surface area contributed by atoms with Crippen molar-refractivity contribution in [3.05, 3.63) is 59.9 Å². The second kappa shape index (κ2) is 8.90. The van der Waals surface area contributed by atoms with Gasteiger partial charge in [0.05, 0.1) is 24.2 Å². The van der Waals surface area contributed by atoms with Gasteiger partial charge in [0.15, 0.2) is 0 Å². The molecule has 0 unspecified atom stereocenters. The van der Waals surface area contributed by atoms with Crippen LogP contribution in [-0.4, -0.2) is 34.7 Å². The molecule has 0 aliphatic rings. The lowest BCUT2D eigenvalue weighted by Crippen LogP contribution is -2.28. The highest BCUT2D eigenvalue weighted by molar-refractivity contribution is 6.01. The van der Waals surface area contributed by atoms with Gasteiger partial charge in [-0.3, -0.25) is 14.2 Å². The molecule has 0 aliphatic heterocycles. The predicted octanol–water partition coefficient (Wildman–Crippen LogP) is 4.36. The van der Waals surface area contributed by atoms with Crippen LogP contribution >= 0.6 is 0 Å². The van der Waals surface area contributed by atoms with E-state index >= 15 is 0 Å². The third-order valence-electron chi connectivity index (χ3n) is 4.69. The van der Waals surface area contributed by atoms with Crippen LogP contribution in [0.3, 0.4) is 0 Å². The third kappa shape index (κ3) is 4.16. The number of ether oxygens (including phenoxy) is 2. The molecule has 0 aliphatic carbocycles. The van der Waals surface area contributed by atoms with Gasteiger partial charge in [-0.2, -0.15) is 0 Å². The lowest BCUT2D eigenvalue weighted by atomic mass is 10.0. The molecule has 1 heterocycles. The van der Waals surface area contributed by atoms with Crippen molar-refractivity contribution < 1.29 is 19.1 Å². The molecule has 152 valence electrons. The van der Waals surface area contributed by atoms with E-state index in [9.17, 15) is 9.59 Å². The Morgan fingerprint density at radius 3 is 2.14 bits per heavy atom. The average molecular weight is 394 g/mol. The van der Waals surface area contributed by atoms with E-state index < -0.39 is 17.9 Å². The maximum Gasteiger partial charge on any atom is 0.328 e. The van der Waals surface area contributed by atoms with Gasteiger partial charge in [0.25, 0.3) is 0 Å². The van der Waals surface area contributed by atoms with Crippen molar-refractivity contribution in [3.63, 3.8) is 0 Å². The number of fused-ring (bicyclic) bond motifs is 1. The molecule has 0 spiro atoms. The number of carbonyl (C=O) groups is 2. The fourth-order valence-electron chi connectivity index (χ4n) is 3.27. The molecule has 0 N–H and O–H groups in total. The van der Waals surface area contributed by atoms with Crippen LogP contribution in [0.1, 0.15) is 50.9 Å². The van der Waals surface area contributed by atoms with Crippen LogP contribution in [0.25, 0.3) is 16.7 Å². The first-order chi connectivity index (χ1) is 14.0. The van der Waals surface area contributed by atoms with E-state index in [-0.39, 0.29) is 13.2 Å². The van der Waals surface area contributed by atoms with E-state index in [4.69, 9.17) is 9.47 Å². The largest absolute Gasteiger partial charge is 0.465 e. The van der Waals surface area contributed by atoms with E-state index in [2.05, 4.69) is 24.9 Å². The van der Waals surface area contributed by atoms with Crippen molar-refractivity contribution in [2.75, 3.05) is 13.2 Å². The highest BCUT2D eigenvalue weighted by Crippen LogP contribution is 2.30. The van der Waals surface area contributed by atoms with Crippen molar-refractivity contribution in [2.24, 2.45) is 0 Å². The predicted molar refractivity (Wildman–Crippen MR) is 111 cm³/mol. The summed E-state index contributed by atoms with van der Waals surface area (Å²) < 4.78 is 12.2. The number of nitrogens with zero attached hydrogens (tertiary/aromatic N) is 2. The van der Waals surface area contributed by atoms with Crippen molar-refractivity contribution in [1.82, 2.24) is 9.55 Å². The number of para-hydroxylation sites is 1. The van der Waals surface area contributed by atoms with Crippen LogP contribution in [0.2, 0.25) is 0 Å². The minimum Gasteiger partial charge on any atom is -0.465 e. The van der Waals surface area contributed by atoms with Gasteiger partial charge in [-0.25, -0.2) is 4.98 Å². The fraction of sp³-hybridized carbons (Fsp3) is 0.348. The SMILES string of the molecule is CCOC(=O)C(C(=O)OCC)c1nc2ccc(C(C)C)cc2n1-c1ccccc1. The second-order valence-electron chi connectivity index (χ2n) is 6.98. The molecule has 3 aromatic rings. The maximum atomic E-state index is 12.7. The Labute approximate surface area is 170 Å². The Balaban J connectivity index is 2.29. The van der Waals surface area contributed by atoms with Crippen molar-refractivity contribution in [3.8, 4) is 5.69 Å². The van der Waals surface area contributed by atoms with E-state index in [0.717, 1.165) is 16.8 Å². The quantitative estimate of drug-likeness (QED) is 0.440. The summed E-state index contributed by atoms with van der Waals surface area (Å²) in [5.41, 5.74) is 3.48. The summed E-state index contributed by atoms with van der Waals surface area (Å²) in [6, 6.07) is 15.5. The van der Waals surface area contributed by atoms with Crippen molar-refractivity contribution in [2.45, 2.75) is 39.5 Å². The third-order valence-corrected chi connectivity index (χ3v) is 4.69. The van der Waals surface area contributed by atoms with Gasteiger partial charge < -0.3 is 9.47 Å². The number of imidazole rings is 1. The summed E-state index contributed by atoms with van der Waals surface area (Å²) in [7, 11) is 0. The first kappa shape index (κ1) is 20.6. The molecule has 0 bridgehead atoms. The summed E-state index contributed by atoms with van der Waals surface area (Å²) in [6.07, 6.45) is 0. The monoisotopic (exact) mass is 394 g/mol. The standard InChI is InChI=1S/C23H26N2O4/c1-5-28-22(26)20(23(27)29-6-2)21-24-18-13-12-16(15(3)4)14-19(18)25(21)17-10-8-7-9-11-17/h7-15,20H,5-6H2,1-4H3. The highest BCUT2D eigenvalue weighted by Gasteiger charge is 2.36. The molecule has 0 saturated heterocycles. The second-order valence-corrected chi connectivity index (χ2v) is 6.98. The molecule has 3 rings (SSSR count). The van der Waals surface area contributed by atoms with Crippen LogP contribution in [0, 0.1) is 0 Å². The van der Waals surface area contributed by atoms with Crippen LogP contribution in [0.4, 0.5) is 0 Å². The van der Waals surface area contributed by atoms with E-state index in [1.54, 1.807) is 13.8 Å². The molecule has 29 heavy (non-hydrogen) atoms. The Kier molecular flexibility index (Phi) is 6.32. The Bertz CT molecular complexity index is 990. The molecule has 0 fully saturated rings. The Morgan fingerprint density at radius 1 is 0.966 bits per heavy atom. The zero-order valence-corrected chi connectivity index (χ0v) is 17.2. The molecule has 0 atom stereocenters. The van der Waals surface area contributed by atoms with Gasteiger partial charge in [-0.1, -0.05) is 38.1 Å². The Morgan fingerprint density at radius 2 is 1.59 bits per heavy atom. The van der Waals surface area contributed by atoms with Gasteiger partial charge in [-0.05, 0) is 49.6 Å². The van der Waals surface area contributed by atoms with E-state index in [1.165, 1.54) is 0 Å². The molecule has 0 amide bonds. The van der Waals surface area contributed by atoms with Gasteiger partial charge in [0.1, 0.15) is 5.82 Å². The highest BCUT2D eigenvalue weighted by atomic mass is 16.6. The minimum absolute atomic E-state index is 0.164. The minimum atomic E-state index is -1.26. The zero-order valence-electron chi connectivity index (χ0n) is 17.2. The molecule has 0 radical (unpaired) electrons. The number of benzene rings is 2. The lowest BCUT2D eigenvalue weighted by molar-refractivity contribution is -0.157. The number of hydrogen-bond acceptors (Lipinski definition) is 5. The number of esters is 2. The number of carbonyl (C=O) groups excluding carboxylic acids is 2. The maximum absolute atomic E-state index is 12.7. The molecule has 2 aromatic carbocycles. The molecular formula is C23H26N2O4. The van der Waals surface area contributed by atoms with E-state index in [0.29, 0.717) is 17.3 Å². The van der Waals surface area contributed by atoms with Crippen LogP contribution in [-0.2, 0) is 19.1 Å². The molecule has 6 heteroatoms. The number of hydrogen-bond donors (Lipinski definition) is 0. The van der Waals surface area contributed by atoms with Gasteiger partial charge in [0, 0.05) is 5.69 Å². The first-order valence-electron chi connectivity index (χ1n) is 9.88. The number of rotatable bonds is 7. The van der Waals surface area contributed by atoms with Crippen molar-refractivity contribution in [1.29, 1.82) is 0 Å². The van der Waals surface area contributed by atoms with Crippen LogP contribution < -0.4 is 0 Å².